The van der Waals surface area contributed by atoms with E-state index in [-0.39, 0.29) is 6.09 Å². The summed E-state index contributed by atoms with van der Waals surface area (Å²) in [7, 11) is 0. The minimum Gasteiger partial charge on any atom is -0.443 e. The average molecular weight is 298 g/mol. The summed E-state index contributed by atoms with van der Waals surface area (Å²) in [4.78, 5) is 16.7. The zero-order chi connectivity index (χ0) is 15.7. The van der Waals surface area contributed by atoms with E-state index in [0.717, 1.165) is 18.2 Å². The second kappa shape index (κ2) is 5.59. The number of carbonyl (C=O) groups excluding carboxylic acids is 1. The first-order valence-electron chi connectivity index (χ1n) is 7.82. The summed E-state index contributed by atoms with van der Waals surface area (Å²) in [5.74, 6) is 0.411. The second-order valence-corrected chi connectivity index (χ2v) is 6.77. The van der Waals surface area contributed by atoms with Crippen LogP contribution in [0.4, 0.5) is 4.79 Å². The van der Waals surface area contributed by atoms with Crippen molar-refractivity contribution in [1.82, 2.24) is 9.55 Å². The summed E-state index contributed by atoms with van der Waals surface area (Å²) in [6, 6.07) is 4.02. The molecule has 2 heterocycles. The van der Waals surface area contributed by atoms with Gasteiger partial charge in [0.25, 0.3) is 0 Å². The number of hydrogen-bond acceptors (Lipinski definition) is 3. The van der Waals surface area contributed by atoms with Gasteiger partial charge in [0.05, 0.1) is 0 Å². The number of rotatable bonds is 1. The summed E-state index contributed by atoms with van der Waals surface area (Å²) in [5.41, 5.74) is 1.39. The van der Waals surface area contributed by atoms with Crippen molar-refractivity contribution in [3.8, 4) is 0 Å². The molecule has 1 atom stereocenters. The number of fused-ring (bicyclic) bond motifs is 1. The number of nitrogens with zero attached hydrogens (tertiary/aromatic N) is 2. The minimum absolute atomic E-state index is 0.383. The predicted octanol–water partition coefficient (Wildman–Crippen LogP) is 4.64. The van der Waals surface area contributed by atoms with Crippen LogP contribution in [0, 0.1) is 0 Å². The molecule has 2 aromatic heterocycles. The van der Waals surface area contributed by atoms with Gasteiger partial charge in [0, 0.05) is 23.7 Å². The fourth-order valence-corrected chi connectivity index (χ4v) is 2.91. The van der Waals surface area contributed by atoms with Crippen LogP contribution >= 0.6 is 0 Å². The van der Waals surface area contributed by atoms with Crippen LogP contribution < -0.4 is 0 Å². The molecule has 0 aromatic carbocycles. The highest BCUT2D eigenvalue weighted by Crippen LogP contribution is 2.32. The highest BCUT2D eigenvalue weighted by molar-refractivity contribution is 5.89. The second-order valence-electron chi connectivity index (χ2n) is 6.77. The number of pyridine rings is 1. The summed E-state index contributed by atoms with van der Waals surface area (Å²) in [5, 5.41) is 1.03. The third-order valence-electron chi connectivity index (χ3n) is 3.87. The highest BCUT2D eigenvalue weighted by atomic mass is 16.6. The van der Waals surface area contributed by atoms with E-state index in [2.05, 4.69) is 23.2 Å². The van der Waals surface area contributed by atoms with Crippen LogP contribution in [0.1, 0.15) is 51.5 Å². The number of aromatic nitrogens is 2. The topological polar surface area (TPSA) is 44.1 Å². The Balaban J connectivity index is 2.00. The molecule has 0 bridgehead atoms. The standard InChI is InChI=1S/C18H22N2O2/c1-18(2,3)22-17(21)20-12-10-15-14(9-11-19-16(15)20)13-7-5-4-6-8-13/h5,7,9-13H,4,6,8H2,1-3H3/t13-/m1/s1. The largest absolute Gasteiger partial charge is 0.443 e. The van der Waals surface area contributed by atoms with Gasteiger partial charge in [-0.1, -0.05) is 12.2 Å². The maximum absolute atomic E-state index is 12.3. The van der Waals surface area contributed by atoms with Crippen molar-refractivity contribution in [3.63, 3.8) is 0 Å². The molecule has 0 saturated carbocycles. The molecule has 116 valence electrons. The van der Waals surface area contributed by atoms with Gasteiger partial charge in [0.15, 0.2) is 0 Å². The van der Waals surface area contributed by atoms with Crippen LogP contribution in [-0.2, 0) is 4.74 Å². The summed E-state index contributed by atoms with van der Waals surface area (Å²) in [6.07, 6.45) is 11.2. The maximum Gasteiger partial charge on any atom is 0.420 e. The fraction of sp³-hybridized carbons (Fsp3) is 0.444. The van der Waals surface area contributed by atoms with Crippen LogP contribution in [0.25, 0.3) is 11.0 Å². The molecule has 22 heavy (non-hydrogen) atoms. The van der Waals surface area contributed by atoms with Gasteiger partial charge in [-0.15, -0.1) is 0 Å². The van der Waals surface area contributed by atoms with E-state index in [1.54, 1.807) is 12.4 Å². The third-order valence-corrected chi connectivity index (χ3v) is 3.87. The summed E-state index contributed by atoms with van der Waals surface area (Å²) < 4.78 is 6.94. The van der Waals surface area contributed by atoms with Gasteiger partial charge in [-0.05, 0) is 57.7 Å². The fourth-order valence-electron chi connectivity index (χ4n) is 2.91. The molecule has 0 aliphatic heterocycles. The molecule has 0 saturated heterocycles. The van der Waals surface area contributed by atoms with E-state index < -0.39 is 5.60 Å². The van der Waals surface area contributed by atoms with E-state index in [1.807, 2.05) is 26.8 Å². The zero-order valence-corrected chi connectivity index (χ0v) is 13.4. The zero-order valence-electron chi connectivity index (χ0n) is 13.4. The molecule has 0 unspecified atom stereocenters. The Morgan fingerprint density at radius 3 is 2.86 bits per heavy atom. The molecular weight excluding hydrogens is 276 g/mol. The van der Waals surface area contributed by atoms with Crippen molar-refractivity contribution in [2.45, 2.75) is 51.6 Å². The Morgan fingerprint density at radius 2 is 2.18 bits per heavy atom. The molecular formula is C18H22N2O2. The van der Waals surface area contributed by atoms with E-state index in [9.17, 15) is 4.79 Å². The monoisotopic (exact) mass is 298 g/mol. The Labute approximate surface area is 130 Å². The van der Waals surface area contributed by atoms with Crippen LogP contribution in [0.15, 0.2) is 36.7 Å². The molecule has 0 radical (unpaired) electrons. The Hall–Kier alpha value is -2.10. The first-order valence-corrected chi connectivity index (χ1v) is 7.82. The quantitative estimate of drug-likeness (QED) is 0.720. The highest BCUT2D eigenvalue weighted by Gasteiger charge is 2.21. The molecule has 0 amide bonds. The number of carbonyl (C=O) groups is 1. The molecule has 2 aromatic rings. The van der Waals surface area contributed by atoms with Gasteiger partial charge in [-0.25, -0.2) is 14.3 Å². The molecule has 0 fully saturated rings. The molecule has 1 aliphatic rings. The molecule has 0 N–H and O–H groups in total. The predicted molar refractivity (Wildman–Crippen MR) is 87.1 cm³/mol. The van der Waals surface area contributed by atoms with Crippen LogP contribution in [0.3, 0.4) is 0 Å². The lowest BCUT2D eigenvalue weighted by molar-refractivity contribution is 0.0543. The van der Waals surface area contributed by atoms with E-state index >= 15 is 0 Å². The maximum atomic E-state index is 12.3. The van der Waals surface area contributed by atoms with Crippen LogP contribution in [0.5, 0.6) is 0 Å². The summed E-state index contributed by atoms with van der Waals surface area (Å²) >= 11 is 0. The normalized spacial score (nSPS) is 18.6. The lowest BCUT2D eigenvalue weighted by Gasteiger charge is -2.20. The van der Waals surface area contributed by atoms with Crippen molar-refractivity contribution in [3.05, 3.63) is 42.2 Å². The molecule has 4 heteroatoms. The van der Waals surface area contributed by atoms with Gasteiger partial charge < -0.3 is 4.74 Å². The molecule has 3 rings (SSSR count). The summed E-state index contributed by atoms with van der Waals surface area (Å²) in [6.45, 7) is 5.59. The van der Waals surface area contributed by atoms with Gasteiger partial charge in [-0.2, -0.15) is 0 Å². The van der Waals surface area contributed by atoms with Gasteiger partial charge in [0.2, 0.25) is 0 Å². The number of hydrogen-bond donors (Lipinski definition) is 0. The van der Waals surface area contributed by atoms with E-state index in [1.165, 1.54) is 16.6 Å². The Bertz CT molecular complexity index is 722. The molecule has 4 nitrogen and oxygen atoms in total. The van der Waals surface area contributed by atoms with E-state index in [4.69, 9.17) is 4.74 Å². The Morgan fingerprint density at radius 1 is 1.36 bits per heavy atom. The van der Waals surface area contributed by atoms with Crippen molar-refractivity contribution in [2.75, 3.05) is 0 Å². The lowest BCUT2D eigenvalue weighted by Crippen LogP contribution is -2.26. The first-order chi connectivity index (χ1) is 10.5. The lowest BCUT2D eigenvalue weighted by atomic mass is 9.88. The Kier molecular flexibility index (Phi) is 3.77. The first kappa shape index (κ1) is 14.8. The van der Waals surface area contributed by atoms with Crippen molar-refractivity contribution >= 4 is 17.1 Å². The number of allylic oxidation sites excluding steroid dienone is 2. The molecule has 1 aliphatic carbocycles. The SMILES string of the molecule is CC(C)(C)OC(=O)n1ccc2c([C@@H]3C=CCCC3)ccnc21. The van der Waals surface area contributed by atoms with Crippen molar-refractivity contribution in [2.24, 2.45) is 0 Å². The van der Waals surface area contributed by atoms with Gasteiger partial charge in [-0.3, -0.25) is 0 Å². The van der Waals surface area contributed by atoms with E-state index in [0.29, 0.717) is 11.6 Å². The minimum atomic E-state index is -0.516. The van der Waals surface area contributed by atoms with Crippen molar-refractivity contribution in [1.29, 1.82) is 0 Å². The average Bonchev–Trinajstić information content (AvgIpc) is 2.90. The number of ether oxygens (including phenoxy) is 1. The van der Waals surface area contributed by atoms with Crippen molar-refractivity contribution < 1.29 is 9.53 Å². The van der Waals surface area contributed by atoms with Crippen LogP contribution in [0.2, 0.25) is 0 Å². The molecule has 0 spiro atoms. The van der Waals surface area contributed by atoms with Gasteiger partial charge in [0.1, 0.15) is 11.2 Å². The third kappa shape index (κ3) is 2.91. The van der Waals surface area contributed by atoms with Gasteiger partial charge >= 0.3 is 6.09 Å². The van der Waals surface area contributed by atoms with Crippen LogP contribution in [-0.4, -0.2) is 21.2 Å². The smallest absolute Gasteiger partial charge is 0.420 e.